The van der Waals surface area contributed by atoms with Gasteiger partial charge in [-0.25, -0.2) is 4.98 Å². The number of hydrogen-bond donors (Lipinski definition) is 1. The average Bonchev–Trinajstić information content (AvgIpc) is 3.65. The number of para-hydroxylation sites is 1. The van der Waals surface area contributed by atoms with Crippen LogP contribution in [0.3, 0.4) is 0 Å². The second-order valence-electron chi connectivity index (χ2n) is 11.3. The van der Waals surface area contributed by atoms with Crippen LogP contribution in [0, 0.1) is 0 Å². The molecule has 0 saturated carbocycles. The van der Waals surface area contributed by atoms with Crippen LogP contribution in [0.1, 0.15) is 0 Å². The standard InChI is InChI=1S/C21H16N2.C20H35NO7/c1-4-10-16(11-5-1)19-20(17-12-6-2-7-13-17)23-21(22-19)18-14-8-3-9-15-18;1-22-11-8-21(9-12-23-2)10-13-26-14-15-27-16-17-28-20-18(24-3)6-5-7-19(20)25-4/h1-15H,(H,22,23);5-7H,8-17H2,1-4H3. The smallest absolute Gasteiger partial charge is 0.203 e. The summed E-state index contributed by atoms with van der Waals surface area (Å²) in [5.41, 5.74) is 5.38. The Morgan fingerprint density at radius 3 is 1.55 bits per heavy atom. The Morgan fingerprint density at radius 2 is 1.00 bits per heavy atom. The van der Waals surface area contributed by atoms with Crippen LogP contribution in [0.2, 0.25) is 0 Å². The maximum absolute atomic E-state index is 5.74. The molecule has 0 fully saturated rings. The van der Waals surface area contributed by atoms with Gasteiger partial charge in [0, 0.05) is 50.5 Å². The van der Waals surface area contributed by atoms with Crippen molar-refractivity contribution in [1.82, 2.24) is 14.9 Å². The highest BCUT2D eigenvalue weighted by atomic mass is 16.6. The highest BCUT2D eigenvalue weighted by molar-refractivity contribution is 5.81. The van der Waals surface area contributed by atoms with Crippen molar-refractivity contribution in [3.63, 3.8) is 0 Å². The van der Waals surface area contributed by atoms with Crippen molar-refractivity contribution in [2.24, 2.45) is 0 Å². The minimum atomic E-state index is 0.401. The molecule has 0 unspecified atom stereocenters. The monoisotopic (exact) mass is 697 g/mol. The number of aromatic amines is 1. The van der Waals surface area contributed by atoms with Gasteiger partial charge in [0.05, 0.1) is 65.2 Å². The van der Waals surface area contributed by atoms with Crippen molar-refractivity contribution in [2.45, 2.75) is 0 Å². The Labute approximate surface area is 302 Å². The molecule has 0 saturated heterocycles. The Balaban J connectivity index is 0.000000232. The number of nitrogens with one attached hydrogen (secondary N) is 1. The van der Waals surface area contributed by atoms with Crippen LogP contribution in [0.5, 0.6) is 17.2 Å². The van der Waals surface area contributed by atoms with Gasteiger partial charge in [0.2, 0.25) is 5.75 Å². The van der Waals surface area contributed by atoms with Crippen LogP contribution in [0.15, 0.2) is 109 Å². The van der Waals surface area contributed by atoms with Gasteiger partial charge in [-0.05, 0) is 12.1 Å². The molecule has 0 bridgehead atoms. The lowest BCUT2D eigenvalue weighted by atomic mass is 10.1. The zero-order valence-electron chi connectivity index (χ0n) is 30.2. The summed E-state index contributed by atoms with van der Waals surface area (Å²) in [5.74, 6) is 2.74. The lowest BCUT2D eigenvalue weighted by Gasteiger charge is -2.21. The summed E-state index contributed by atoms with van der Waals surface area (Å²) in [6, 6.07) is 36.4. The van der Waals surface area contributed by atoms with Gasteiger partial charge < -0.3 is 38.1 Å². The molecule has 1 N–H and O–H groups in total. The summed E-state index contributed by atoms with van der Waals surface area (Å²) in [6.07, 6.45) is 0. The highest BCUT2D eigenvalue weighted by Crippen LogP contribution is 2.36. The quantitative estimate of drug-likeness (QED) is 0.0805. The van der Waals surface area contributed by atoms with Crippen LogP contribution in [-0.4, -0.2) is 109 Å². The molecule has 10 nitrogen and oxygen atoms in total. The van der Waals surface area contributed by atoms with Crippen molar-refractivity contribution in [1.29, 1.82) is 0 Å². The summed E-state index contributed by atoms with van der Waals surface area (Å²) in [4.78, 5) is 10.6. The van der Waals surface area contributed by atoms with Crippen molar-refractivity contribution in [3.05, 3.63) is 109 Å². The number of H-pyrrole nitrogens is 1. The van der Waals surface area contributed by atoms with E-state index in [9.17, 15) is 0 Å². The molecule has 0 amide bonds. The Morgan fingerprint density at radius 1 is 0.510 bits per heavy atom. The van der Waals surface area contributed by atoms with Crippen LogP contribution in [-0.2, 0) is 18.9 Å². The summed E-state index contributed by atoms with van der Waals surface area (Å²) < 4.78 is 37.8. The fourth-order valence-electron chi connectivity index (χ4n) is 5.18. The summed E-state index contributed by atoms with van der Waals surface area (Å²) >= 11 is 0. The number of methoxy groups -OCH3 is 4. The molecule has 1 heterocycles. The molecule has 5 rings (SSSR count). The third-order valence-electron chi connectivity index (χ3n) is 7.86. The number of benzene rings is 4. The molecule has 0 radical (unpaired) electrons. The van der Waals surface area contributed by atoms with Gasteiger partial charge in [0.1, 0.15) is 12.4 Å². The van der Waals surface area contributed by atoms with Crippen molar-refractivity contribution in [2.75, 3.05) is 94.3 Å². The number of nitrogens with zero attached hydrogens (tertiary/aromatic N) is 2. The third kappa shape index (κ3) is 12.8. The fraction of sp³-hybridized carbons (Fsp3) is 0.341. The van der Waals surface area contributed by atoms with Crippen molar-refractivity contribution < 1.29 is 33.2 Å². The predicted molar refractivity (Wildman–Crippen MR) is 202 cm³/mol. The first kappa shape index (κ1) is 39.1. The van der Waals surface area contributed by atoms with Crippen LogP contribution < -0.4 is 14.2 Å². The molecule has 51 heavy (non-hydrogen) atoms. The van der Waals surface area contributed by atoms with Gasteiger partial charge in [-0.3, -0.25) is 4.90 Å². The molecule has 10 heteroatoms. The van der Waals surface area contributed by atoms with E-state index in [1.807, 2.05) is 72.8 Å². The van der Waals surface area contributed by atoms with Gasteiger partial charge in [-0.15, -0.1) is 0 Å². The second-order valence-corrected chi connectivity index (χ2v) is 11.3. The minimum Gasteiger partial charge on any atom is -0.493 e. The van der Waals surface area contributed by atoms with E-state index in [1.54, 1.807) is 28.4 Å². The molecule has 1 aromatic heterocycles. The topological polar surface area (TPSA) is 96.5 Å². The molecule has 0 aliphatic carbocycles. The highest BCUT2D eigenvalue weighted by Gasteiger charge is 2.15. The number of ether oxygens (including phenoxy) is 7. The Bertz CT molecular complexity index is 1550. The molecule has 0 aliphatic rings. The largest absolute Gasteiger partial charge is 0.493 e. The van der Waals surface area contributed by atoms with Gasteiger partial charge in [0.15, 0.2) is 11.5 Å². The molecular weight excluding hydrogens is 646 g/mol. The molecule has 0 atom stereocenters. The van der Waals surface area contributed by atoms with Crippen LogP contribution >= 0.6 is 0 Å². The molecule has 5 aromatic rings. The first-order valence-electron chi connectivity index (χ1n) is 17.1. The zero-order chi connectivity index (χ0) is 35.9. The maximum Gasteiger partial charge on any atom is 0.203 e. The number of rotatable bonds is 21. The van der Waals surface area contributed by atoms with Gasteiger partial charge >= 0.3 is 0 Å². The van der Waals surface area contributed by atoms with Crippen LogP contribution in [0.25, 0.3) is 33.9 Å². The lowest BCUT2D eigenvalue weighted by Crippen LogP contribution is -2.33. The molecule has 4 aromatic carbocycles. The van der Waals surface area contributed by atoms with Gasteiger partial charge in [-0.1, -0.05) is 97.1 Å². The van der Waals surface area contributed by atoms with Crippen molar-refractivity contribution in [3.8, 4) is 51.2 Å². The first-order valence-corrected chi connectivity index (χ1v) is 17.1. The van der Waals surface area contributed by atoms with E-state index in [1.165, 1.54) is 0 Å². The minimum absolute atomic E-state index is 0.401. The van der Waals surface area contributed by atoms with E-state index in [-0.39, 0.29) is 0 Å². The Hall–Kier alpha value is -4.71. The Kier molecular flexibility index (Phi) is 17.5. The lowest BCUT2D eigenvalue weighted by molar-refractivity contribution is 0.0240. The van der Waals surface area contributed by atoms with E-state index in [0.717, 1.165) is 53.5 Å². The van der Waals surface area contributed by atoms with E-state index in [0.29, 0.717) is 63.5 Å². The van der Waals surface area contributed by atoms with E-state index >= 15 is 0 Å². The van der Waals surface area contributed by atoms with Crippen molar-refractivity contribution >= 4 is 0 Å². The second kappa shape index (κ2) is 22.9. The molecule has 0 spiro atoms. The molecule has 0 aliphatic heterocycles. The molecular formula is C41H51N3O7. The SMILES string of the molecule is COCCN(CCOC)CCOCCOCCOc1c(OC)cccc1OC.c1ccc(-c2nc(-c3ccccc3)c(-c3ccccc3)[nH]2)cc1. The average molecular weight is 698 g/mol. The summed E-state index contributed by atoms with van der Waals surface area (Å²) in [7, 11) is 6.61. The van der Waals surface area contributed by atoms with E-state index < -0.39 is 0 Å². The number of imidazole rings is 1. The van der Waals surface area contributed by atoms with E-state index in [4.69, 9.17) is 38.1 Å². The predicted octanol–water partition coefficient (Wildman–Crippen LogP) is 7.12. The maximum atomic E-state index is 5.74. The summed E-state index contributed by atoms with van der Waals surface area (Å²) in [5, 5.41) is 0. The van der Waals surface area contributed by atoms with E-state index in [2.05, 4.69) is 46.3 Å². The third-order valence-corrected chi connectivity index (χ3v) is 7.86. The summed E-state index contributed by atoms with van der Waals surface area (Å²) in [6.45, 7) is 6.52. The normalized spacial score (nSPS) is 10.8. The fourth-order valence-corrected chi connectivity index (χ4v) is 5.18. The number of aromatic nitrogens is 2. The number of hydrogen-bond acceptors (Lipinski definition) is 9. The zero-order valence-corrected chi connectivity index (χ0v) is 30.2. The van der Waals surface area contributed by atoms with Crippen LogP contribution in [0.4, 0.5) is 0 Å². The van der Waals surface area contributed by atoms with Gasteiger partial charge in [-0.2, -0.15) is 0 Å². The molecule has 272 valence electrons. The van der Waals surface area contributed by atoms with Gasteiger partial charge in [0.25, 0.3) is 0 Å². The first-order chi connectivity index (χ1) is 25.2.